The van der Waals surface area contributed by atoms with Gasteiger partial charge in [-0.1, -0.05) is 35.1 Å². The predicted molar refractivity (Wildman–Crippen MR) is 132 cm³/mol. The fraction of sp³-hybridized carbons (Fsp3) is 0.292. The number of carbonyl (C=O) groups excluding carboxylic acids is 3. The molecule has 0 spiro atoms. The number of aromatic nitrogens is 2. The topological polar surface area (TPSA) is 104 Å². The molecule has 8 nitrogen and oxygen atoms in total. The van der Waals surface area contributed by atoms with Crippen molar-refractivity contribution in [3.63, 3.8) is 0 Å². The molecule has 3 amide bonds. The van der Waals surface area contributed by atoms with Crippen LogP contribution in [0.15, 0.2) is 42.5 Å². The van der Waals surface area contributed by atoms with Gasteiger partial charge in [0.1, 0.15) is 0 Å². The van der Waals surface area contributed by atoms with Crippen LogP contribution in [-0.2, 0) is 4.79 Å². The van der Waals surface area contributed by atoms with E-state index in [4.69, 9.17) is 11.6 Å². The largest absolute Gasteiger partial charge is 0.336 e. The van der Waals surface area contributed by atoms with Crippen molar-refractivity contribution >= 4 is 52.0 Å². The molecule has 1 aromatic heterocycles. The Balaban J connectivity index is 1.38. The summed E-state index contributed by atoms with van der Waals surface area (Å²) in [5.41, 5.74) is 3.53. The molecule has 3 aromatic rings. The van der Waals surface area contributed by atoms with Crippen molar-refractivity contribution in [2.24, 2.45) is 5.92 Å². The monoisotopic (exact) mass is 497 g/mol. The molecule has 176 valence electrons. The van der Waals surface area contributed by atoms with Crippen molar-refractivity contribution < 1.29 is 14.4 Å². The average Bonchev–Trinajstić information content (AvgIpc) is 3.32. The van der Waals surface area contributed by atoms with Crippen molar-refractivity contribution in [1.82, 2.24) is 15.1 Å². The number of aryl methyl sites for hydroxylation is 2. The second-order valence-corrected chi connectivity index (χ2v) is 9.67. The SMILES string of the molecule is Cc1ccc(NC(=O)[C@@H]2CCCN(C(=O)c3nnc(C(=O)Nc4cccc(Cl)c4)s3)C2)cc1C. The first-order valence-electron chi connectivity index (χ1n) is 10.9. The van der Waals surface area contributed by atoms with Crippen LogP contribution in [0.25, 0.3) is 0 Å². The number of amides is 3. The highest BCUT2D eigenvalue weighted by molar-refractivity contribution is 7.15. The Morgan fingerprint density at radius 3 is 2.53 bits per heavy atom. The van der Waals surface area contributed by atoms with Crippen LogP contribution in [0, 0.1) is 19.8 Å². The fourth-order valence-corrected chi connectivity index (χ4v) is 4.62. The van der Waals surface area contributed by atoms with Crippen LogP contribution in [0.4, 0.5) is 11.4 Å². The normalized spacial score (nSPS) is 15.6. The van der Waals surface area contributed by atoms with Crippen LogP contribution in [0.2, 0.25) is 5.02 Å². The summed E-state index contributed by atoms with van der Waals surface area (Å²) >= 11 is 6.87. The van der Waals surface area contributed by atoms with Crippen LogP contribution >= 0.6 is 22.9 Å². The van der Waals surface area contributed by atoms with Crippen LogP contribution in [0.3, 0.4) is 0 Å². The third-order valence-corrected chi connectivity index (χ3v) is 6.88. The lowest BCUT2D eigenvalue weighted by Gasteiger charge is -2.31. The Kier molecular flexibility index (Phi) is 7.23. The molecule has 1 fully saturated rings. The van der Waals surface area contributed by atoms with E-state index >= 15 is 0 Å². The van der Waals surface area contributed by atoms with Gasteiger partial charge in [0.25, 0.3) is 11.8 Å². The minimum absolute atomic E-state index is 0.0735. The van der Waals surface area contributed by atoms with Gasteiger partial charge in [0, 0.05) is 29.5 Å². The fourth-order valence-electron chi connectivity index (χ4n) is 3.73. The second kappa shape index (κ2) is 10.3. The summed E-state index contributed by atoms with van der Waals surface area (Å²) in [5.74, 6) is -1.23. The maximum atomic E-state index is 13.0. The lowest BCUT2D eigenvalue weighted by atomic mass is 9.97. The van der Waals surface area contributed by atoms with E-state index in [0.29, 0.717) is 36.6 Å². The summed E-state index contributed by atoms with van der Waals surface area (Å²) in [5, 5.41) is 14.1. The van der Waals surface area contributed by atoms with E-state index in [1.807, 2.05) is 32.0 Å². The number of hydrogen-bond acceptors (Lipinski definition) is 6. The van der Waals surface area contributed by atoms with E-state index < -0.39 is 5.91 Å². The maximum Gasteiger partial charge on any atom is 0.286 e. The molecule has 1 aliphatic rings. The summed E-state index contributed by atoms with van der Waals surface area (Å²) < 4.78 is 0. The number of rotatable bonds is 5. The van der Waals surface area contributed by atoms with Crippen molar-refractivity contribution in [3.05, 3.63) is 68.6 Å². The van der Waals surface area contributed by atoms with E-state index in [2.05, 4.69) is 20.8 Å². The van der Waals surface area contributed by atoms with Crippen molar-refractivity contribution in [2.75, 3.05) is 23.7 Å². The first-order valence-corrected chi connectivity index (χ1v) is 12.1. The van der Waals surface area contributed by atoms with E-state index in [-0.39, 0.29) is 27.7 Å². The Morgan fingerprint density at radius 1 is 1.00 bits per heavy atom. The summed E-state index contributed by atoms with van der Waals surface area (Å²) in [6.45, 7) is 4.83. The third-order valence-electron chi connectivity index (χ3n) is 5.74. The number of nitrogens with one attached hydrogen (secondary N) is 2. The van der Waals surface area contributed by atoms with Gasteiger partial charge in [0.2, 0.25) is 15.9 Å². The van der Waals surface area contributed by atoms with Crippen LogP contribution < -0.4 is 10.6 Å². The quantitative estimate of drug-likeness (QED) is 0.538. The van der Waals surface area contributed by atoms with Gasteiger partial charge in [-0.15, -0.1) is 10.2 Å². The van der Waals surface area contributed by atoms with Gasteiger partial charge in [-0.2, -0.15) is 0 Å². The average molecular weight is 498 g/mol. The Bertz CT molecular complexity index is 1240. The molecule has 1 saturated heterocycles. The summed E-state index contributed by atoms with van der Waals surface area (Å²) in [7, 11) is 0. The highest BCUT2D eigenvalue weighted by Gasteiger charge is 2.31. The molecule has 0 aliphatic carbocycles. The first-order chi connectivity index (χ1) is 16.3. The lowest BCUT2D eigenvalue weighted by molar-refractivity contribution is -0.121. The standard InChI is InChI=1S/C24H24ClN5O3S/c1-14-8-9-19(11-15(14)2)26-20(31)16-5-4-10-30(13-16)24(33)23-29-28-22(34-23)21(32)27-18-7-3-6-17(25)12-18/h3,6-9,11-12,16H,4-5,10,13H2,1-2H3,(H,26,31)(H,27,32)/t16-/m1/s1. The van der Waals surface area contributed by atoms with Gasteiger partial charge in [-0.25, -0.2) is 0 Å². The zero-order valence-corrected chi connectivity index (χ0v) is 20.4. The first kappa shape index (κ1) is 23.8. The Labute approximate surface area is 206 Å². The number of halogens is 1. The molecule has 10 heteroatoms. The number of anilines is 2. The number of likely N-dealkylation sites (tertiary alicyclic amines) is 1. The number of benzene rings is 2. The van der Waals surface area contributed by atoms with E-state index in [0.717, 1.165) is 28.2 Å². The molecule has 1 atom stereocenters. The van der Waals surface area contributed by atoms with Crippen LogP contribution in [0.1, 0.15) is 43.6 Å². The molecule has 4 rings (SSSR count). The highest BCUT2D eigenvalue weighted by Crippen LogP contribution is 2.23. The molecule has 34 heavy (non-hydrogen) atoms. The second-order valence-electron chi connectivity index (χ2n) is 8.26. The van der Waals surface area contributed by atoms with Crippen molar-refractivity contribution in [1.29, 1.82) is 0 Å². The van der Waals surface area contributed by atoms with Crippen LogP contribution in [-0.4, -0.2) is 45.9 Å². The van der Waals surface area contributed by atoms with E-state index in [1.54, 1.807) is 29.2 Å². The number of hydrogen-bond donors (Lipinski definition) is 2. The summed E-state index contributed by atoms with van der Waals surface area (Å²) in [6.07, 6.45) is 1.40. The third kappa shape index (κ3) is 5.60. The van der Waals surface area contributed by atoms with Gasteiger partial charge in [0.15, 0.2) is 0 Å². The number of nitrogens with zero attached hydrogens (tertiary/aromatic N) is 3. The molecule has 2 N–H and O–H groups in total. The molecule has 0 bridgehead atoms. The van der Waals surface area contributed by atoms with Gasteiger partial charge >= 0.3 is 0 Å². The minimum Gasteiger partial charge on any atom is -0.336 e. The molecule has 2 aromatic carbocycles. The number of carbonyl (C=O) groups is 3. The molecular weight excluding hydrogens is 474 g/mol. The van der Waals surface area contributed by atoms with E-state index in [1.165, 1.54) is 0 Å². The van der Waals surface area contributed by atoms with Gasteiger partial charge in [-0.05, 0) is 68.1 Å². The zero-order valence-electron chi connectivity index (χ0n) is 18.8. The summed E-state index contributed by atoms with van der Waals surface area (Å²) in [4.78, 5) is 39.9. The molecule has 0 radical (unpaired) electrons. The molecule has 0 unspecified atom stereocenters. The highest BCUT2D eigenvalue weighted by atomic mass is 35.5. The van der Waals surface area contributed by atoms with Crippen molar-refractivity contribution in [3.8, 4) is 0 Å². The maximum absolute atomic E-state index is 13.0. The van der Waals surface area contributed by atoms with Crippen molar-refractivity contribution in [2.45, 2.75) is 26.7 Å². The smallest absolute Gasteiger partial charge is 0.286 e. The van der Waals surface area contributed by atoms with Gasteiger partial charge < -0.3 is 15.5 Å². The zero-order chi connectivity index (χ0) is 24.2. The van der Waals surface area contributed by atoms with Gasteiger partial charge in [0.05, 0.1) is 5.92 Å². The summed E-state index contributed by atoms with van der Waals surface area (Å²) in [6, 6.07) is 12.5. The molecule has 1 aliphatic heterocycles. The molecular formula is C24H24ClN5O3S. The predicted octanol–water partition coefficient (Wildman–Crippen LogP) is 4.55. The molecule has 2 heterocycles. The Hall–Kier alpha value is -3.30. The lowest BCUT2D eigenvalue weighted by Crippen LogP contribution is -2.43. The minimum atomic E-state index is -0.469. The van der Waals surface area contributed by atoms with Crippen LogP contribution in [0.5, 0.6) is 0 Å². The van der Waals surface area contributed by atoms with E-state index in [9.17, 15) is 14.4 Å². The molecule has 0 saturated carbocycles. The number of piperidine rings is 1. The van der Waals surface area contributed by atoms with Gasteiger partial charge in [-0.3, -0.25) is 14.4 Å². The Morgan fingerprint density at radius 2 is 1.76 bits per heavy atom.